The SMILES string of the molecule is CCC(CC)C(=O)OCC(C)Br. The number of esters is 1. The number of carbonyl (C=O) groups is 1. The summed E-state index contributed by atoms with van der Waals surface area (Å²) in [6.07, 6.45) is 1.73. The van der Waals surface area contributed by atoms with E-state index in [4.69, 9.17) is 4.74 Å². The molecule has 0 rings (SSSR count). The van der Waals surface area contributed by atoms with Crippen LogP contribution in [0.3, 0.4) is 0 Å². The van der Waals surface area contributed by atoms with Gasteiger partial charge in [0.25, 0.3) is 0 Å². The first-order chi connectivity index (χ1) is 5.61. The van der Waals surface area contributed by atoms with Crippen LogP contribution in [0, 0.1) is 5.92 Å². The molecule has 0 spiro atoms. The lowest BCUT2D eigenvalue weighted by Gasteiger charge is -2.12. The lowest BCUT2D eigenvalue weighted by Crippen LogP contribution is -2.19. The van der Waals surface area contributed by atoms with Crippen LogP contribution in [-0.2, 0) is 9.53 Å². The van der Waals surface area contributed by atoms with Gasteiger partial charge in [0.2, 0.25) is 0 Å². The average Bonchev–Trinajstić information content (AvgIpc) is 2.03. The Bertz CT molecular complexity index is 130. The molecule has 0 saturated heterocycles. The van der Waals surface area contributed by atoms with Gasteiger partial charge in [-0.2, -0.15) is 0 Å². The lowest BCUT2D eigenvalue weighted by molar-refractivity contribution is -0.148. The number of alkyl halides is 1. The van der Waals surface area contributed by atoms with Gasteiger partial charge in [0.05, 0.1) is 5.92 Å². The smallest absolute Gasteiger partial charge is 0.308 e. The van der Waals surface area contributed by atoms with Crippen molar-refractivity contribution in [2.24, 2.45) is 5.92 Å². The van der Waals surface area contributed by atoms with Crippen LogP contribution in [0.25, 0.3) is 0 Å². The Morgan fingerprint density at radius 3 is 2.25 bits per heavy atom. The zero-order valence-corrected chi connectivity index (χ0v) is 9.56. The summed E-state index contributed by atoms with van der Waals surface area (Å²) < 4.78 is 5.06. The maximum atomic E-state index is 11.3. The van der Waals surface area contributed by atoms with Crippen molar-refractivity contribution in [3.8, 4) is 0 Å². The Kier molecular flexibility index (Phi) is 6.44. The first-order valence-corrected chi connectivity index (χ1v) is 5.34. The molecule has 0 bridgehead atoms. The highest BCUT2D eigenvalue weighted by Crippen LogP contribution is 2.10. The van der Waals surface area contributed by atoms with E-state index in [-0.39, 0.29) is 16.7 Å². The normalized spacial score (nSPS) is 13.1. The van der Waals surface area contributed by atoms with Crippen molar-refractivity contribution in [2.75, 3.05) is 6.61 Å². The van der Waals surface area contributed by atoms with Crippen molar-refractivity contribution in [1.82, 2.24) is 0 Å². The molecule has 1 atom stereocenters. The second-order valence-corrected chi connectivity index (χ2v) is 4.49. The Morgan fingerprint density at radius 1 is 1.42 bits per heavy atom. The molecule has 0 aromatic rings. The maximum absolute atomic E-state index is 11.3. The Balaban J connectivity index is 3.69. The van der Waals surface area contributed by atoms with Crippen LogP contribution in [0.1, 0.15) is 33.6 Å². The standard InChI is InChI=1S/C9H17BrO2/c1-4-8(5-2)9(11)12-6-7(3)10/h7-8H,4-6H2,1-3H3. The van der Waals surface area contributed by atoms with Crippen molar-refractivity contribution in [3.63, 3.8) is 0 Å². The van der Waals surface area contributed by atoms with Crippen LogP contribution in [0.2, 0.25) is 0 Å². The van der Waals surface area contributed by atoms with Crippen LogP contribution < -0.4 is 0 Å². The van der Waals surface area contributed by atoms with Gasteiger partial charge in [0.15, 0.2) is 0 Å². The largest absolute Gasteiger partial charge is 0.464 e. The molecule has 0 amide bonds. The molecule has 1 unspecified atom stereocenters. The molecule has 0 aliphatic heterocycles. The quantitative estimate of drug-likeness (QED) is 0.542. The van der Waals surface area contributed by atoms with E-state index in [0.717, 1.165) is 12.8 Å². The zero-order valence-electron chi connectivity index (χ0n) is 7.97. The molecule has 0 fully saturated rings. The molecule has 72 valence electrons. The van der Waals surface area contributed by atoms with Crippen molar-refractivity contribution < 1.29 is 9.53 Å². The van der Waals surface area contributed by atoms with Crippen LogP contribution >= 0.6 is 15.9 Å². The summed E-state index contributed by atoms with van der Waals surface area (Å²) in [5.74, 6) is 0.0162. The van der Waals surface area contributed by atoms with E-state index in [0.29, 0.717) is 6.61 Å². The number of hydrogen-bond acceptors (Lipinski definition) is 2. The molecule has 0 heterocycles. The number of ether oxygens (including phenoxy) is 1. The topological polar surface area (TPSA) is 26.3 Å². The average molecular weight is 237 g/mol. The van der Waals surface area contributed by atoms with Gasteiger partial charge in [-0.25, -0.2) is 0 Å². The van der Waals surface area contributed by atoms with E-state index >= 15 is 0 Å². The minimum absolute atomic E-state index is 0.0636. The highest BCUT2D eigenvalue weighted by atomic mass is 79.9. The summed E-state index contributed by atoms with van der Waals surface area (Å²) >= 11 is 3.32. The summed E-state index contributed by atoms with van der Waals surface area (Å²) in [5, 5.41) is 0. The van der Waals surface area contributed by atoms with Crippen LogP contribution in [0.5, 0.6) is 0 Å². The van der Waals surface area contributed by atoms with E-state index < -0.39 is 0 Å². The molecule has 2 nitrogen and oxygen atoms in total. The number of rotatable bonds is 5. The molecule has 0 N–H and O–H groups in total. The number of hydrogen-bond donors (Lipinski definition) is 0. The van der Waals surface area contributed by atoms with Gasteiger partial charge >= 0.3 is 5.97 Å². The Morgan fingerprint density at radius 2 is 1.92 bits per heavy atom. The third-order valence-electron chi connectivity index (χ3n) is 1.77. The Hall–Kier alpha value is -0.0500. The van der Waals surface area contributed by atoms with E-state index in [1.165, 1.54) is 0 Å². The van der Waals surface area contributed by atoms with E-state index in [2.05, 4.69) is 15.9 Å². The molecule has 3 heteroatoms. The molecule has 12 heavy (non-hydrogen) atoms. The number of halogens is 1. The highest BCUT2D eigenvalue weighted by Gasteiger charge is 2.15. The van der Waals surface area contributed by atoms with Gasteiger partial charge in [-0.15, -0.1) is 0 Å². The van der Waals surface area contributed by atoms with Crippen molar-refractivity contribution in [2.45, 2.75) is 38.4 Å². The van der Waals surface area contributed by atoms with Gasteiger partial charge in [0, 0.05) is 4.83 Å². The third kappa shape index (κ3) is 4.75. The predicted octanol–water partition coefficient (Wildman–Crippen LogP) is 2.75. The second kappa shape index (κ2) is 6.46. The van der Waals surface area contributed by atoms with Crippen LogP contribution in [0.15, 0.2) is 0 Å². The van der Waals surface area contributed by atoms with Gasteiger partial charge in [0.1, 0.15) is 6.61 Å². The van der Waals surface area contributed by atoms with E-state index in [1.54, 1.807) is 0 Å². The summed E-state index contributed by atoms with van der Waals surface area (Å²) in [6, 6.07) is 0. The molecular weight excluding hydrogens is 220 g/mol. The van der Waals surface area contributed by atoms with Gasteiger partial charge in [-0.05, 0) is 19.8 Å². The second-order valence-electron chi connectivity index (χ2n) is 2.92. The minimum atomic E-state index is -0.0636. The van der Waals surface area contributed by atoms with Crippen molar-refractivity contribution >= 4 is 21.9 Å². The van der Waals surface area contributed by atoms with E-state index in [1.807, 2.05) is 20.8 Å². The summed E-state index contributed by atoms with van der Waals surface area (Å²) in [6.45, 7) is 6.44. The minimum Gasteiger partial charge on any atom is -0.464 e. The maximum Gasteiger partial charge on any atom is 0.308 e. The van der Waals surface area contributed by atoms with E-state index in [9.17, 15) is 4.79 Å². The summed E-state index contributed by atoms with van der Waals surface area (Å²) in [5.41, 5.74) is 0. The summed E-state index contributed by atoms with van der Waals surface area (Å²) in [4.78, 5) is 11.5. The molecule has 0 aromatic heterocycles. The first kappa shape index (κ1) is 11.9. The fourth-order valence-corrected chi connectivity index (χ4v) is 1.07. The van der Waals surface area contributed by atoms with Gasteiger partial charge < -0.3 is 4.74 Å². The van der Waals surface area contributed by atoms with Crippen molar-refractivity contribution in [3.05, 3.63) is 0 Å². The fraction of sp³-hybridized carbons (Fsp3) is 0.889. The van der Waals surface area contributed by atoms with Crippen LogP contribution in [0.4, 0.5) is 0 Å². The fourth-order valence-electron chi connectivity index (χ4n) is 0.937. The molecule has 0 aliphatic carbocycles. The van der Waals surface area contributed by atoms with Gasteiger partial charge in [-0.1, -0.05) is 29.8 Å². The monoisotopic (exact) mass is 236 g/mol. The van der Waals surface area contributed by atoms with Gasteiger partial charge in [-0.3, -0.25) is 4.79 Å². The molecule has 0 aliphatic rings. The molecular formula is C9H17BrO2. The zero-order chi connectivity index (χ0) is 9.56. The lowest BCUT2D eigenvalue weighted by atomic mass is 10.0. The van der Waals surface area contributed by atoms with Crippen LogP contribution in [-0.4, -0.2) is 17.4 Å². The molecule has 0 radical (unpaired) electrons. The number of carbonyl (C=O) groups excluding carboxylic acids is 1. The van der Waals surface area contributed by atoms with Crippen molar-refractivity contribution in [1.29, 1.82) is 0 Å². The predicted molar refractivity (Wildman–Crippen MR) is 53.4 cm³/mol. The summed E-state index contributed by atoms with van der Waals surface area (Å²) in [7, 11) is 0. The third-order valence-corrected chi connectivity index (χ3v) is 2.04. The first-order valence-electron chi connectivity index (χ1n) is 4.42. The highest BCUT2D eigenvalue weighted by molar-refractivity contribution is 9.09. The Labute approximate surface area is 82.8 Å². The molecule has 0 aromatic carbocycles. The molecule has 0 saturated carbocycles.